The Morgan fingerprint density at radius 1 is 1.35 bits per heavy atom. The van der Waals surface area contributed by atoms with Crippen LogP contribution in [0.2, 0.25) is 0 Å². The van der Waals surface area contributed by atoms with Crippen molar-refractivity contribution in [3.05, 3.63) is 24.3 Å². The Hall–Kier alpha value is -1.55. The van der Waals surface area contributed by atoms with Gasteiger partial charge in [0.15, 0.2) is 12.6 Å². The van der Waals surface area contributed by atoms with Crippen molar-refractivity contribution in [2.24, 2.45) is 4.99 Å². The summed E-state index contributed by atoms with van der Waals surface area (Å²) >= 11 is 0. The van der Waals surface area contributed by atoms with Gasteiger partial charge in [-0.2, -0.15) is 0 Å². The molecule has 1 aromatic rings. The summed E-state index contributed by atoms with van der Waals surface area (Å²) in [4.78, 5) is 18.1. The molecule has 26 heavy (non-hydrogen) atoms. The number of methoxy groups -OCH3 is 1. The number of rotatable bonds is 7. The predicted molar refractivity (Wildman–Crippen MR) is 115 cm³/mol. The molecule has 1 aromatic carbocycles. The highest BCUT2D eigenvalue weighted by molar-refractivity contribution is 14.0. The third-order valence-corrected chi connectivity index (χ3v) is 4.12. The van der Waals surface area contributed by atoms with E-state index in [1.807, 2.05) is 38.1 Å². The summed E-state index contributed by atoms with van der Waals surface area (Å²) in [5, 5.41) is 6.50. The number of nitrogens with zero attached hydrogens (tertiary/aromatic N) is 2. The molecule has 1 amide bonds. The zero-order valence-corrected chi connectivity index (χ0v) is 18.2. The first-order valence-electron chi connectivity index (χ1n) is 8.49. The van der Waals surface area contributed by atoms with Gasteiger partial charge in [-0.15, -0.1) is 24.0 Å². The largest absolute Gasteiger partial charge is 0.482 e. The van der Waals surface area contributed by atoms with Crippen LogP contribution < -0.4 is 20.3 Å². The molecule has 8 heteroatoms. The number of guanidine groups is 1. The quantitative estimate of drug-likeness (QED) is 0.273. The first-order chi connectivity index (χ1) is 12.0. The Morgan fingerprint density at radius 3 is 2.77 bits per heavy atom. The summed E-state index contributed by atoms with van der Waals surface area (Å²) in [7, 11) is 3.42. The van der Waals surface area contributed by atoms with Crippen LogP contribution in [0.1, 0.15) is 20.3 Å². The highest BCUT2D eigenvalue weighted by Crippen LogP contribution is 2.31. The molecule has 0 unspecified atom stereocenters. The van der Waals surface area contributed by atoms with E-state index in [0.29, 0.717) is 19.6 Å². The highest BCUT2D eigenvalue weighted by Gasteiger charge is 2.24. The molecule has 0 atom stereocenters. The maximum Gasteiger partial charge on any atom is 0.265 e. The molecule has 0 aromatic heterocycles. The van der Waals surface area contributed by atoms with Gasteiger partial charge >= 0.3 is 0 Å². The first-order valence-corrected chi connectivity index (χ1v) is 8.49. The van der Waals surface area contributed by atoms with Crippen molar-refractivity contribution < 1.29 is 14.3 Å². The number of ether oxygens (including phenoxy) is 2. The van der Waals surface area contributed by atoms with Crippen molar-refractivity contribution in [1.29, 1.82) is 0 Å². The van der Waals surface area contributed by atoms with E-state index in [2.05, 4.69) is 15.6 Å². The van der Waals surface area contributed by atoms with Crippen molar-refractivity contribution in [3.63, 3.8) is 0 Å². The summed E-state index contributed by atoms with van der Waals surface area (Å²) in [6, 6.07) is 7.62. The highest BCUT2D eigenvalue weighted by atomic mass is 127. The van der Waals surface area contributed by atoms with Gasteiger partial charge in [-0.3, -0.25) is 9.79 Å². The number of aliphatic imine (C=N–C) groups is 1. The number of nitrogens with one attached hydrogen (secondary N) is 2. The van der Waals surface area contributed by atoms with E-state index in [9.17, 15) is 4.79 Å². The fourth-order valence-electron chi connectivity index (χ4n) is 2.43. The van der Waals surface area contributed by atoms with Gasteiger partial charge in [0, 0.05) is 33.8 Å². The van der Waals surface area contributed by atoms with E-state index in [0.717, 1.165) is 23.8 Å². The average Bonchev–Trinajstić information content (AvgIpc) is 2.62. The van der Waals surface area contributed by atoms with E-state index in [-0.39, 0.29) is 42.1 Å². The first kappa shape index (κ1) is 22.5. The van der Waals surface area contributed by atoms with Gasteiger partial charge < -0.3 is 25.0 Å². The van der Waals surface area contributed by atoms with Crippen LogP contribution in [0.5, 0.6) is 5.75 Å². The molecule has 7 nitrogen and oxygen atoms in total. The van der Waals surface area contributed by atoms with Crippen LogP contribution in [0.15, 0.2) is 29.3 Å². The molecule has 146 valence electrons. The van der Waals surface area contributed by atoms with Crippen LogP contribution in [0, 0.1) is 0 Å². The predicted octanol–water partition coefficient (Wildman–Crippen LogP) is 2.01. The number of hydrogen-bond donors (Lipinski definition) is 2. The van der Waals surface area contributed by atoms with Gasteiger partial charge in [-0.1, -0.05) is 12.1 Å². The van der Waals surface area contributed by atoms with Gasteiger partial charge in [-0.05, 0) is 32.4 Å². The summed E-state index contributed by atoms with van der Waals surface area (Å²) in [5.74, 6) is 1.47. The van der Waals surface area contributed by atoms with Crippen molar-refractivity contribution >= 4 is 41.5 Å². The number of benzene rings is 1. The third kappa shape index (κ3) is 6.31. The Kier molecular flexibility index (Phi) is 9.14. The van der Waals surface area contributed by atoms with Crippen LogP contribution in [-0.4, -0.2) is 57.9 Å². The van der Waals surface area contributed by atoms with E-state index in [1.54, 1.807) is 19.1 Å². The molecule has 1 aliphatic heterocycles. The Bertz CT molecular complexity index is 622. The number of fused-ring (bicyclic) bond motifs is 1. The minimum atomic E-state index is -0.262. The normalized spacial score (nSPS) is 14.2. The second kappa shape index (κ2) is 10.6. The number of carbonyl (C=O) groups excluding carboxylic acids is 1. The molecule has 0 fully saturated rings. The summed E-state index contributed by atoms with van der Waals surface area (Å²) in [5.41, 5.74) is 0.574. The number of halogens is 1. The fourth-order valence-corrected chi connectivity index (χ4v) is 2.43. The van der Waals surface area contributed by atoms with Gasteiger partial charge in [0.1, 0.15) is 5.75 Å². The Labute approximate surface area is 172 Å². The molecule has 0 bridgehead atoms. The average molecular weight is 476 g/mol. The lowest BCUT2D eigenvalue weighted by Gasteiger charge is -2.29. The Balaban J connectivity index is 0.00000338. The molecular formula is C18H29IN4O3. The fraction of sp³-hybridized carbons (Fsp3) is 0.556. The van der Waals surface area contributed by atoms with E-state index >= 15 is 0 Å². The standard InChI is InChI=1S/C18H28N4O3.HI/c1-18(2,24-4)13-21-17(19-3)20-10-7-11-22-14-8-5-6-9-15(14)25-12-16(22)23;/h5-6,8-9H,7,10-13H2,1-4H3,(H2,19,20,21);1H. The van der Waals surface area contributed by atoms with E-state index in [4.69, 9.17) is 9.47 Å². The van der Waals surface area contributed by atoms with Crippen LogP contribution in [0.25, 0.3) is 0 Å². The smallest absolute Gasteiger partial charge is 0.265 e. The van der Waals surface area contributed by atoms with E-state index in [1.165, 1.54) is 0 Å². The molecule has 1 aliphatic rings. The van der Waals surface area contributed by atoms with Crippen molar-refractivity contribution in [2.75, 3.05) is 45.3 Å². The van der Waals surface area contributed by atoms with Crippen LogP contribution in [0.4, 0.5) is 5.69 Å². The van der Waals surface area contributed by atoms with Crippen LogP contribution in [-0.2, 0) is 9.53 Å². The lowest BCUT2D eigenvalue weighted by atomic mass is 10.1. The number of hydrogen-bond acceptors (Lipinski definition) is 4. The lowest BCUT2D eigenvalue weighted by molar-refractivity contribution is -0.121. The topological polar surface area (TPSA) is 75.2 Å². The monoisotopic (exact) mass is 476 g/mol. The Morgan fingerprint density at radius 2 is 2.08 bits per heavy atom. The van der Waals surface area contributed by atoms with Gasteiger partial charge in [0.2, 0.25) is 0 Å². The zero-order chi connectivity index (χ0) is 18.3. The number of amides is 1. The van der Waals surface area contributed by atoms with Crippen molar-refractivity contribution in [3.8, 4) is 5.75 Å². The molecule has 0 saturated carbocycles. The molecule has 0 aliphatic carbocycles. The maximum absolute atomic E-state index is 12.1. The number of para-hydroxylation sites is 2. The third-order valence-electron chi connectivity index (χ3n) is 4.12. The van der Waals surface area contributed by atoms with Gasteiger partial charge in [-0.25, -0.2) is 0 Å². The summed E-state index contributed by atoms with van der Waals surface area (Å²) in [6.45, 7) is 6.11. The molecule has 2 rings (SSSR count). The summed E-state index contributed by atoms with van der Waals surface area (Å²) < 4.78 is 10.8. The molecule has 1 heterocycles. The molecule has 0 saturated heterocycles. The molecular weight excluding hydrogens is 447 g/mol. The van der Waals surface area contributed by atoms with Crippen LogP contribution in [0.3, 0.4) is 0 Å². The number of anilines is 1. The minimum Gasteiger partial charge on any atom is -0.482 e. The molecule has 2 N–H and O–H groups in total. The van der Waals surface area contributed by atoms with Gasteiger partial charge in [0.05, 0.1) is 11.3 Å². The minimum absolute atomic E-state index is 0. The second-order valence-corrected chi connectivity index (χ2v) is 6.47. The van der Waals surface area contributed by atoms with E-state index < -0.39 is 0 Å². The van der Waals surface area contributed by atoms with Crippen molar-refractivity contribution in [2.45, 2.75) is 25.9 Å². The summed E-state index contributed by atoms with van der Waals surface area (Å²) in [6.07, 6.45) is 0.800. The van der Waals surface area contributed by atoms with Gasteiger partial charge in [0.25, 0.3) is 5.91 Å². The SMILES string of the molecule is CN=C(NCCCN1C(=O)COc2ccccc21)NCC(C)(C)OC.I. The molecule has 0 radical (unpaired) electrons. The van der Waals surface area contributed by atoms with Crippen molar-refractivity contribution in [1.82, 2.24) is 10.6 Å². The molecule has 0 spiro atoms. The lowest BCUT2D eigenvalue weighted by Crippen LogP contribution is -2.46. The number of carbonyl (C=O) groups is 1. The van der Waals surface area contributed by atoms with Crippen LogP contribution >= 0.6 is 24.0 Å². The second-order valence-electron chi connectivity index (χ2n) is 6.47. The maximum atomic E-state index is 12.1. The zero-order valence-electron chi connectivity index (χ0n) is 15.9.